The van der Waals surface area contributed by atoms with E-state index < -0.39 is 24.0 Å². The van der Waals surface area contributed by atoms with E-state index in [9.17, 15) is 9.59 Å². The van der Waals surface area contributed by atoms with Crippen molar-refractivity contribution in [3.05, 3.63) is 0 Å². The van der Waals surface area contributed by atoms with Gasteiger partial charge in [-0.25, -0.2) is 0 Å². The van der Waals surface area contributed by atoms with Gasteiger partial charge >= 0.3 is 11.9 Å². The fourth-order valence-electron chi connectivity index (χ4n) is 0.977. The number of carboxylic acid groups (broad SMARTS) is 1. The van der Waals surface area contributed by atoms with E-state index in [1.165, 1.54) is 0 Å². The van der Waals surface area contributed by atoms with Gasteiger partial charge < -0.3 is 27.0 Å². The fourth-order valence-corrected chi connectivity index (χ4v) is 0.977. The van der Waals surface area contributed by atoms with Crippen LogP contribution in [0.15, 0.2) is 0 Å². The highest BCUT2D eigenvalue weighted by atomic mass is 16.5. The van der Waals surface area contributed by atoms with Gasteiger partial charge in [-0.3, -0.25) is 9.59 Å². The number of carbonyl (C=O) groups excluding carboxylic acids is 1. The van der Waals surface area contributed by atoms with Crippen LogP contribution in [-0.4, -0.2) is 42.3 Å². The van der Waals surface area contributed by atoms with Crippen molar-refractivity contribution in [2.24, 2.45) is 17.2 Å². The third-order valence-corrected chi connectivity index (χ3v) is 1.99. The van der Waals surface area contributed by atoms with Gasteiger partial charge in [0.2, 0.25) is 0 Å². The van der Waals surface area contributed by atoms with Crippen molar-refractivity contribution in [1.29, 1.82) is 0 Å². The minimum Gasteiger partial charge on any atom is -0.480 e. The molecule has 0 spiro atoms. The van der Waals surface area contributed by atoms with Gasteiger partial charge in [0.1, 0.15) is 18.7 Å². The molecule has 0 amide bonds. The number of ether oxygens (including phenoxy) is 1. The number of hydrogen-bond donors (Lipinski definition) is 4. The summed E-state index contributed by atoms with van der Waals surface area (Å²) in [5.41, 5.74) is 16.0. The number of carboxylic acids is 1. The lowest BCUT2D eigenvalue weighted by Gasteiger charge is -2.12. The van der Waals surface area contributed by atoms with Crippen LogP contribution in [0.25, 0.3) is 0 Å². The van der Waals surface area contributed by atoms with Crippen molar-refractivity contribution in [2.45, 2.75) is 31.3 Å². The van der Waals surface area contributed by atoms with Gasteiger partial charge in [0.15, 0.2) is 0 Å². The van der Waals surface area contributed by atoms with Gasteiger partial charge in [0.25, 0.3) is 0 Å². The first-order valence-corrected chi connectivity index (χ1v) is 5.09. The van der Waals surface area contributed by atoms with Crippen molar-refractivity contribution >= 4 is 11.9 Å². The Morgan fingerprint density at radius 3 is 2.31 bits per heavy atom. The molecular weight excluding hydrogens is 214 g/mol. The number of carbonyl (C=O) groups is 2. The van der Waals surface area contributed by atoms with Crippen LogP contribution in [0.5, 0.6) is 0 Å². The molecule has 0 aromatic rings. The van der Waals surface area contributed by atoms with E-state index in [2.05, 4.69) is 4.74 Å². The number of aliphatic carboxylic acids is 1. The van der Waals surface area contributed by atoms with Gasteiger partial charge in [0.05, 0.1) is 0 Å². The first-order chi connectivity index (χ1) is 7.49. The Bertz CT molecular complexity index is 235. The van der Waals surface area contributed by atoms with E-state index in [4.69, 9.17) is 22.3 Å². The molecule has 0 aliphatic rings. The van der Waals surface area contributed by atoms with E-state index in [0.717, 1.165) is 12.8 Å². The summed E-state index contributed by atoms with van der Waals surface area (Å²) in [6.45, 7) is 0.185. The number of esters is 1. The Morgan fingerprint density at radius 1 is 1.19 bits per heavy atom. The molecular formula is C9H19N3O4. The molecule has 0 saturated carbocycles. The average Bonchev–Trinajstić information content (AvgIpc) is 2.25. The Balaban J connectivity index is 3.74. The second-order valence-corrected chi connectivity index (χ2v) is 3.47. The maximum absolute atomic E-state index is 11.2. The van der Waals surface area contributed by atoms with Crippen molar-refractivity contribution in [3.63, 3.8) is 0 Å². The third kappa shape index (κ3) is 6.33. The zero-order valence-corrected chi connectivity index (χ0v) is 9.09. The molecule has 0 aromatic heterocycles. The second kappa shape index (κ2) is 8.03. The highest BCUT2D eigenvalue weighted by molar-refractivity contribution is 5.77. The van der Waals surface area contributed by atoms with Gasteiger partial charge in [-0.15, -0.1) is 0 Å². The molecule has 16 heavy (non-hydrogen) atoms. The second-order valence-electron chi connectivity index (χ2n) is 3.47. The Hall–Kier alpha value is -1.18. The Labute approximate surface area is 93.9 Å². The molecule has 0 rings (SSSR count). The molecule has 0 aliphatic heterocycles. The van der Waals surface area contributed by atoms with E-state index in [0.29, 0.717) is 13.0 Å². The van der Waals surface area contributed by atoms with Crippen molar-refractivity contribution < 1.29 is 19.4 Å². The summed E-state index contributed by atoms with van der Waals surface area (Å²) in [6, 6.07) is -1.95. The molecule has 0 radical (unpaired) electrons. The van der Waals surface area contributed by atoms with Gasteiger partial charge in [-0.2, -0.15) is 0 Å². The topological polar surface area (TPSA) is 142 Å². The smallest absolute Gasteiger partial charge is 0.324 e. The summed E-state index contributed by atoms with van der Waals surface area (Å²) in [5, 5.41) is 8.45. The van der Waals surface area contributed by atoms with E-state index in [1.54, 1.807) is 0 Å². The van der Waals surface area contributed by atoms with Crippen LogP contribution in [0.1, 0.15) is 19.3 Å². The van der Waals surface area contributed by atoms with Crippen LogP contribution in [-0.2, 0) is 14.3 Å². The van der Waals surface area contributed by atoms with Crippen LogP contribution in [0.2, 0.25) is 0 Å². The number of unbranched alkanes of at least 4 members (excludes halogenated alkanes) is 1. The summed E-state index contributed by atoms with van der Waals surface area (Å²) in [7, 11) is 0. The van der Waals surface area contributed by atoms with Gasteiger partial charge in [-0.05, 0) is 19.4 Å². The first-order valence-electron chi connectivity index (χ1n) is 5.09. The van der Waals surface area contributed by atoms with Crippen LogP contribution < -0.4 is 17.2 Å². The third-order valence-electron chi connectivity index (χ3n) is 1.99. The molecule has 2 atom stereocenters. The van der Waals surface area contributed by atoms with Gasteiger partial charge in [0, 0.05) is 0 Å². The largest absolute Gasteiger partial charge is 0.480 e. The quantitative estimate of drug-likeness (QED) is 0.292. The summed E-state index contributed by atoms with van der Waals surface area (Å²) in [6.07, 6.45) is 1.99. The number of rotatable bonds is 8. The average molecular weight is 233 g/mol. The predicted molar refractivity (Wildman–Crippen MR) is 57.5 cm³/mol. The van der Waals surface area contributed by atoms with Crippen LogP contribution >= 0.6 is 0 Å². The highest BCUT2D eigenvalue weighted by Gasteiger charge is 2.18. The Morgan fingerprint density at radius 2 is 1.81 bits per heavy atom. The normalized spacial score (nSPS) is 14.2. The molecule has 94 valence electrons. The summed E-state index contributed by atoms with van der Waals surface area (Å²) < 4.78 is 4.66. The highest BCUT2D eigenvalue weighted by Crippen LogP contribution is 2.00. The van der Waals surface area contributed by atoms with Crippen molar-refractivity contribution in [2.75, 3.05) is 13.2 Å². The SMILES string of the molecule is NCCCC[C@H](N)C(=O)OC[C@H](N)C(=O)O. The molecule has 0 unspecified atom stereocenters. The minimum atomic E-state index is -1.22. The number of hydrogen-bond acceptors (Lipinski definition) is 6. The van der Waals surface area contributed by atoms with Crippen molar-refractivity contribution in [1.82, 2.24) is 0 Å². The lowest BCUT2D eigenvalue weighted by atomic mass is 10.1. The molecule has 7 heteroatoms. The lowest BCUT2D eigenvalue weighted by Crippen LogP contribution is -2.39. The van der Waals surface area contributed by atoms with E-state index in [1.807, 2.05) is 0 Å². The maximum Gasteiger partial charge on any atom is 0.324 e. The van der Waals surface area contributed by atoms with E-state index >= 15 is 0 Å². The predicted octanol–water partition coefficient (Wildman–Crippen LogP) is -1.60. The molecule has 0 heterocycles. The summed E-state index contributed by atoms with van der Waals surface area (Å²) in [5.74, 6) is -1.85. The lowest BCUT2D eigenvalue weighted by molar-refractivity contribution is -0.149. The van der Waals surface area contributed by atoms with Crippen LogP contribution in [0.3, 0.4) is 0 Å². The summed E-state index contributed by atoms with van der Waals surface area (Å²) in [4.78, 5) is 21.6. The molecule has 0 bridgehead atoms. The van der Waals surface area contributed by atoms with Crippen molar-refractivity contribution in [3.8, 4) is 0 Å². The van der Waals surface area contributed by atoms with Crippen LogP contribution in [0, 0.1) is 0 Å². The minimum absolute atomic E-state index is 0.362. The molecule has 0 aromatic carbocycles. The summed E-state index contributed by atoms with van der Waals surface area (Å²) >= 11 is 0. The monoisotopic (exact) mass is 233 g/mol. The van der Waals surface area contributed by atoms with Crippen LogP contribution in [0.4, 0.5) is 0 Å². The molecule has 0 aliphatic carbocycles. The molecule has 0 saturated heterocycles. The fraction of sp³-hybridized carbons (Fsp3) is 0.778. The Kier molecular flexibility index (Phi) is 7.44. The zero-order valence-electron chi connectivity index (χ0n) is 9.09. The molecule has 7 nitrogen and oxygen atoms in total. The van der Waals surface area contributed by atoms with E-state index in [-0.39, 0.29) is 6.61 Å². The standard InChI is InChI=1S/C9H19N3O4/c10-4-2-1-3-6(11)9(15)16-5-7(12)8(13)14/h6-7H,1-5,10-12H2,(H,13,14)/t6-,7-/m0/s1. The molecule has 7 N–H and O–H groups in total. The zero-order chi connectivity index (χ0) is 12.6. The molecule has 0 fully saturated rings. The van der Waals surface area contributed by atoms with Gasteiger partial charge in [-0.1, -0.05) is 6.42 Å². The maximum atomic E-state index is 11.2. The first kappa shape index (κ1) is 14.8. The number of nitrogens with two attached hydrogens (primary N) is 3.